The minimum atomic E-state index is -0.0806. The second-order valence-corrected chi connectivity index (χ2v) is 4.13. The Hall–Kier alpha value is -1.19. The molecule has 72 valence electrons. The Balaban J connectivity index is 2.85. The summed E-state index contributed by atoms with van der Waals surface area (Å²) in [5.74, 6) is 0. The zero-order valence-electron chi connectivity index (χ0n) is 7.78. The molecule has 2 aromatic rings. The number of carbonyl (C=O) groups excluding carboxylic acids is 1. The molecule has 0 unspecified atom stereocenters. The van der Waals surface area contributed by atoms with Gasteiger partial charge in [-0.25, -0.2) is 0 Å². The lowest BCUT2D eigenvalue weighted by Crippen LogP contribution is -1.95. The fourth-order valence-electron chi connectivity index (χ4n) is 1.66. The SMILES string of the molecule is Cc1c(C=O)c(CO)cc2sccc12. The molecule has 1 aromatic carbocycles. The van der Waals surface area contributed by atoms with Crippen molar-refractivity contribution in [3.8, 4) is 0 Å². The molecule has 1 N–H and O–H groups in total. The molecule has 14 heavy (non-hydrogen) atoms. The van der Waals surface area contributed by atoms with Crippen LogP contribution in [-0.4, -0.2) is 11.4 Å². The van der Waals surface area contributed by atoms with Crippen molar-refractivity contribution in [2.24, 2.45) is 0 Å². The van der Waals surface area contributed by atoms with Crippen LogP contribution in [0.25, 0.3) is 10.1 Å². The summed E-state index contributed by atoms with van der Waals surface area (Å²) in [6.07, 6.45) is 0.817. The maximum absolute atomic E-state index is 10.9. The molecule has 0 fully saturated rings. The standard InChI is InChI=1S/C11H10O2S/c1-7-9-2-3-14-11(9)4-8(5-12)10(7)6-13/h2-4,6,12H,5H2,1H3. The van der Waals surface area contributed by atoms with Gasteiger partial charge in [0.05, 0.1) is 6.61 Å². The molecule has 0 saturated heterocycles. The van der Waals surface area contributed by atoms with E-state index in [0.717, 1.165) is 21.9 Å². The van der Waals surface area contributed by atoms with Crippen LogP contribution in [0.3, 0.4) is 0 Å². The first-order valence-electron chi connectivity index (χ1n) is 4.33. The first-order valence-corrected chi connectivity index (χ1v) is 5.21. The Morgan fingerprint density at radius 2 is 2.36 bits per heavy atom. The van der Waals surface area contributed by atoms with Gasteiger partial charge < -0.3 is 5.11 Å². The van der Waals surface area contributed by atoms with Crippen molar-refractivity contribution >= 4 is 27.7 Å². The third-order valence-electron chi connectivity index (χ3n) is 2.44. The molecule has 2 rings (SSSR count). The van der Waals surface area contributed by atoms with Gasteiger partial charge >= 0.3 is 0 Å². The molecule has 0 amide bonds. The van der Waals surface area contributed by atoms with E-state index in [1.165, 1.54) is 0 Å². The number of aliphatic hydroxyl groups excluding tert-OH is 1. The van der Waals surface area contributed by atoms with Crippen LogP contribution in [0.5, 0.6) is 0 Å². The van der Waals surface area contributed by atoms with Gasteiger partial charge in [0.15, 0.2) is 6.29 Å². The van der Waals surface area contributed by atoms with Crippen LogP contribution in [0.1, 0.15) is 21.5 Å². The number of thiophene rings is 1. The van der Waals surface area contributed by atoms with Gasteiger partial charge in [-0.1, -0.05) is 0 Å². The molecule has 0 atom stereocenters. The maximum atomic E-state index is 10.9. The first kappa shape index (κ1) is 9.37. The lowest BCUT2D eigenvalue weighted by atomic mass is 10.0. The summed E-state index contributed by atoms with van der Waals surface area (Å²) in [5, 5.41) is 12.2. The van der Waals surface area contributed by atoms with E-state index in [-0.39, 0.29) is 6.61 Å². The van der Waals surface area contributed by atoms with E-state index in [9.17, 15) is 4.79 Å². The zero-order chi connectivity index (χ0) is 10.1. The van der Waals surface area contributed by atoms with Crippen molar-refractivity contribution in [2.45, 2.75) is 13.5 Å². The van der Waals surface area contributed by atoms with Crippen LogP contribution >= 0.6 is 11.3 Å². The molecule has 0 radical (unpaired) electrons. The van der Waals surface area contributed by atoms with Crippen molar-refractivity contribution in [3.05, 3.63) is 34.2 Å². The predicted octanol–water partition coefficient (Wildman–Crippen LogP) is 2.51. The van der Waals surface area contributed by atoms with Crippen molar-refractivity contribution in [2.75, 3.05) is 0 Å². The van der Waals surface area contributed by atoms with Crippen LogP contribution in [0, 0.1) is 6.92 Å². The minimum absolute atomic E-state index is 0.0806. The molecule has 2 nitrogen and oxygen atoms in total. The summed E-state index contributed by atoms with van der Waals surface area (Å²) in [4.78, 5) is 10.9. The number of aldehydes is 1. The number of carbonyl (C=O) groups is 1. The molecule has 0 saturated carbocycles. The van der Waals surface area contributed by atoms with Crippen LogP contribution in [0.4, 0.5) is 0 Å². The van der Waals surface area contributed by atoms with E-state index in [2.05, 4.69) is 0 Å². The molecule has 0 aliphatic carbocycles. The summed E-state index contributed by atoms with van der Waals surface area (Å²) >= 11 is 1.62. The quantitative estimate of drug-likeness (QED) is 0.766. The van der Waals surface area contributed by atoms with E-state index in [1.807, 2.05) is 24.4 Å². The van der Waals surface area contributed by atoms with E-state index >= 15 is 0 Å². The average molecular weight is 206 g/mol. The van der Waals surface area contributed by atoms with E-state index < -0.39 is 0 Å². The van der Waals surface area contributed by atoms with Gasteiger partial charge in [-0.3, -0.25) is 4.79 Å². The Labute approximate surface area is 85.8 Å². The summed E-state index contributed by atoms with van der Waals surface area (Å²) in [6.45, 7) is 1.83. The zero-order valence-corrected chi connectivity index (χ0v) is 8.60. The van der Waals surface area contributed by atoms with Gasteiger partial charge in [-0.2, -0.15) is 0 Å². The Bertz CT molecular complexity index is 485. The Morgan fingerprint density at radius 3 is 3.00 bits per heavy atom. The Kier molecular flexibility index (Phi) is 2.35. The molecular weight excluding hydrogens is 196 g/mol. The predicted molar refractivity (Wildman–Crippen MR) is 57.9 cm³/mol. The van der Waals surface area contributed by atoms with Gasteiger partial charge in [-0.15, -0.1) is 11.3 Å². The molecule has 3 heteroatoms. The maximum Gasteiger partial charge on any atom is 0.150 e. The number of aliphatic hydroxyl groups is 1. The second-order valence-electron chi connectivity index (χ2n) is 3.18. The van der Waals surface area contributed by atoms with E-state index in [4.69, 9.17) is 5.11 Å². The molecule has 0 bridgehead atoms. The van der Waals surface area contributed by atoms with Crippen molar-refractivity contribution in [1.29, 1.82) is 0 Å². The first-order chi connectivity index (χ1) is 6.77. The minimum Gasteiger partial charge on any atom is -0.392 e. The summed E-state index contributed by atoms with van der Waals surface area (Å²) < 4.78 is 1.12. The Morgan fingerprint density at radius 1 is 1.57 bits per heavy atom. The largest absolute Gasteiger partial charge is 0.392 e. The highest BCUT2D eigenvalue weighted by atomic mass is 32.1. The highest BCUT2D eigenvalue weighted by molar-refractivity contribution is 7.17. The molecule has 0 aliphatic heterocycles. The van der Waals surface area contributed by atoms with Gasteiger partial charge in [0, 0.05) is 10.3 Å². The molecule has 1 aromatic heterocycles. The highest BCUT2D eigenvalue weighted by Gasteiger charge is 2.09. The average Bonchev–Trinajstić information content (AvgIpc) is 2.65. The lowest BCUT2D eigenvalue weighted by Gasteiger charge is -2.06. The van der Waals surface area contributed by atoms with Gasteiger partial charge in [0.1, 0.15) is 0 Å². The third kappa shape index (κ3) is 1.25. The number of hydrogen-bond donors (Lipinski definition) is 1. The molecule has 0 spiro atoms. The molecular formula is C11H10O2S. The molecule has 1 heterocycles. The number of rotatable bonds is 2. The van der Waals surface area contributed by atoms with Gasteiger partial charge in [0.25, 0.3) is 0 Å². The van der Waals surface area contributed by atoms with Crippen LogP contribution < -0.4 is 0 Å². The van der Waals surface area contributed by atoms with Gasteiger partial charge in [-0.05, 0) is 40.9 Å². The summed E-state index contributed by atoms with van der Waals surface area (Å²) in [5.41, 5.74) is 2.30. The summed E-state index contributed by atoms with van der Waals surface area (Å²) in [7, 11) is 0. The monoisotopic (exact) mass is 206 g/mol. The normalized spacial score (nSPS) is 10.7. The van der Waals surface area contributed by atoms with E-state index in [1.54, 1.807) is 11.3 Å². The second kappa shape index (κ2) is 3.52. The fraction of sp³-hybridized carbons (Fsp3) is 0.182. The van der Waals surface area contributed by atoms with E-state index in [0.29, 0.717) is 11.1 Å². The fourth-order valence-corrected chi connectivity index (χ4v) is 2.57. The van der Waals surface area contributed by atoms with Gasteiger partial charge in [0.2, 0.25) is 0 Å². The third-order valence-corrected chi connectivity index (χ3v) is 3.31. The summed E-state index contributed by atoms with van der Waals surface area (Å²) in [6, 6.07) is 3.89. The lowest BCUT2D eigenvalue weighted by molar-refractivity contribution is 0.112. The molecule has 0 aliphatic rings. The van der Waals surface area contributed by atoms with Crippen LogP contribution in [0.2, 0.25) is 0 Å². The number of fused-ring (bicyclic) bond motifs is 1. The smallest absolute Gasteiger partial charge is 0.150 e. The number of hydrogen-bond acceptors (Lipinski definition) is 3. The highest BCUT2D eigenvalue weighted by Crippen LogP contribution is 2.28. The van der Waals surface area contributed by atoms with Crippen LogP contribution in [0.15, 0.2) is 17.5 Å². The number of aryl methyl sites for hydroxylation is 1. The van der Waals surface area contributed by atoms with Crippen molar-refractivity contribution in [3.63, 3.8) is 0 Å². The number of benzene rings is 1. The van der Waals surface area contributed by atoms with Crippen molar-refractivity contribution < 1.29 is 9.90 Å². The topological polar surface area (TPSA) is 37.3 Å². The van der Waals surface area contributed by atoms with Crippen molar-refractivity contribution in [1.82, 2.24) is 0 Å². The van der Waals surface area contributed by atoms with Crippen LogP contribution in [-0.2, 0) is 6.61 Å².